The van der Waals surface area contributed by atoms with E-state index >= 15 is 0 Å². The quantitative estimate of drug-likeness (QED) is 0.523. The zero-order valence-electron chi connectivity index (χ0n) is 9.19. The molecule has 0 aliphatic rings. The molecule has 0 spiro atoms. The van der Waals surface area contributed by atoms with E-state index in [1.165, 1.54) is 16.5 Å². The first-order valence-corrected chi connectivity index (χ1v) is 5.14. The maximum absolute atomic E-state index is 10.4. The number of benzene rings is 1. The number of aryl methyl sites for hydroxylation is 2. The van der Waals surface area contributed by atoms with E-state index < -0.39 is 0 Å². The number of hydrogen-bond donors (Lipinski definition) is 0. The maximum Gasteiger partial charge on any atom is 0.212 e. The lowest BCUT2D eigenvalue weighted by Crippen LogP contribution is -3.00. The van der Waals surface area contributed by atoms with Crippen LogP contribution in [0.5, 0.6) is 0 Å². The first kappa shape index (κ1) is 12.8. The van der Waals surface area contributed by atoms with E-state index in [0.717, 1.165) is 12.8 Å². The highest BCUT2D eigenvalue weighted by molar-refractivity contribution is 5.78. The van der Waals surface area contributed by atoms with E-state index in [-0.39, 0.29) is 17.0 Å². The summed E-state index contributed by atoms with van der Waals surface area (Å²) in [6, 6.07) is 10.4. The third-order valence-corrected chi connectivity index (χ3v) is 2.63. The van der Waals surface area contributed by atoms with Crippen molar-refractivity contribution in [2.45, 2.75) is 19.9 Å². The summed E-state index contributed by atoms with van der Waals surface area (Å²) in [6.45, 7) is 2.86. The van der Waals surface area contributed by atoms with Gasteiger partial charge in [-0.25, -0.2) is 0 Å². The number of nitrogens with zero attached hydrogens (tertiary/aromatic N) is 1. The van der Waals surface area contributed by atoms with Gasteiger partial charge in [0.2, 0.25) is 5.52 Å². The van der Waals surface area contributed by atoms with Crippen LogP contribution in [-0.4, -0.2) is 6.29 Å². The third kappa shape index (κ3) is 2.47. The predicted molar refractivity (Wildman–Crippen MR) is 59.6 cm³/mol. The molecule has 0 aliphatic carbocycles. The molecule has 2 aromatic rings. The second kappa shape index (κ2) is 5.75. The lowest BCUT2D eigenvalue weighted by molar-refractivity contribution is -0.670. The Morgan fingerprint density at radius 3 is 2.75 bits per heavy atom. The van der Waals surface area contributed by atoms with Crippen LogP contribution in [0.2, 0.25) is 0 Å². The number of carbonyl (C=O) groups is 1. The minimum atomic E-state index is 0. The van der Waals surface area contributed by atoms with Crippen molar-refractivity contribution in [3.05, 3.63) is 42.1 Å². The molecule has 3 heteroatoms. The Bertz CT molecular complexity index is 496. The normalized spacial score (nSPS) is 9.81. The molecule has 1 aromatic heterocycles. The summed E-state index contributed by atoms with van der Waals surface area (Å²) >= 11 is 0. The van der Waals surface area contributed by atoms with Crippen LogP contribution in [0.1, 0.15) is 12.0 Å². The molecule has 1 aromatic carbocycles. The number of rotatable bonds is 3. The minimum Gasteiger partial charge on any atom is -1.00 e. The fraction of sp³-hybridized carbons (Fsp3) is 0.231. The van der Waals surface area contributed by atoms with Crippen LogP contribution in [-0.2, 0) is 11.3 Å². The molecule has 0 N–H and O–H groups in total. The van der Waals surface area contributed by atoms with Crippen LogP contribution in [0.25, 0.3) is 10.9 Å². The molecule has 2 nitrogen and oxygen atoms in total. The molecule has 2 rings (SSSR count). The van der Waals surface area contributed by atoms with Gasteiger partial charge in [0, 0.05) is 17.5 Å². The van der Waals surface area contributed by atoms with Gasteiger partial charge in [-0.05, 0) is 18.6 Å². The summed E-state index contributed by atoms with van der Waals surface area (Å²) in [6.07, 6.45) is 3.57. The van der Waals surface area contributed by atoms with E-state index in [1.807, 2.05) is 18.3 Å². The van der Waals surface area contributed by atoms with Gasteiger partial charge in [-0.1, -0.05) is 12.1 Å². The lowest BCUT2D eigenvalue weighted by Gasteiger charge is -2.01. The van der Waals surface area contributed by atoms with E-state index in [9.17, 15) is 4.79 Å². The van der Waals surface area contributed by atoms with Crippen molar-refractivity contribution < 1.29 is 26.3 Å². The van der Waals surface area contributed by atoms with E-state index in [0.29, 0.717) is 6.42 Å². The highest BCUT2D eigenvalue weighted by atomic mass is 79.9. The number of aldehydes is 1. The fourth-order valence-corrected chi connectivity index (χ4v) is 1.82. The van der Waals surface area contributed by atoms with Gasteiger partial charge < -0.3 is 21.8 Å². The highest BCUT2D eigenvalue weighted by Crippen LogP contribution is 2.13. The smallest absolute Gasteiger partial charge is 0.212 e. The summed E-state index contributed by atoms with van der Waals surface area (Å²) in [7, 11) is 0. The Hall–Kier alpha value is -1.22. The SMILES string of the molecule is Cc1cc[n+](CCC=O)c2ccccc12.[Br-]. The van der Waals surface area contributed by atoms with Crippen molar-refractivity contribution in [2.75, 3.05) is 0 Å². The van der Waals surface area contributed by atoms with E-state index in [4.69, 9.17) is 0 Å². The molecule has 0 amide bonds. The highest BCUT2D eigenvalue weighted by Gasteiger charge is 2.08. The number of aromatic nitrogens is 1. The maximum atomic E-state index is 10.4. The number of fused-ring (bicyclic) bond motifs is 1. The first-order valence-electron chi connectivity index (χ1n) is 5.14. The van der Waals surface area contributed by atoms with Crippen LogP contribution in [0, 0.1) is 6.92 Å². The van der Waals surface area contributed by atoms with Gasteiger partial charge in [-0.15, -0.1) is 0 Å². The first-order chi connectivity index (χ1) is 7.33. The average molecular weight is 280 g/mol. The molecule has 0 saturated heterocycles. The Morgan fingerprint density at radius 1 is 1.25 bits per heavy atom. The van der Waals surface area contributed by atoms with E-state index in [2.05, 4.69) is 29.7 Å². The molecule has 0 radical (unpaired) electrons. The standard InChI is InChI=1S/C13H14NO.BrH/c1-11-7-9-14(8-4-10-15)13-6-3-2-5-12(11)13;/h2-3,5-7,9-10H,4,8H2,1H3;1H/q+1;/p-1. The second-order valence-electron chi connectivity index (χ2n) is 3.66. The summed E-state index contributed by atoms with van der Waals surface area (Å²) in [4.78, 5) is 10.4. The molecular weight excluding hydrogens is 266 g/mol. The minimum absolute atomic E-state index is 0. The third-order valence-electron chi connectivity index (χ3n) is 2.63. The van der Waals surface area contributed by atoms with Gasteiger partial charge in [0.15, 0.2) is 12.7 Å². The number of pyridine rings is 1. The number of carbonyl (C=O) groups excluding carboxylic acids is 1. The largest absolute Gasteiger partial charge is 1.00 e. The molecule has 0 unspecified atom stereocenters. The second-order valence-corrected chi connectivity index (χ2v) is 3.66. The zero-order chi connectivity index (χ0) is 10.7. The summed E-state index contributed by atoms with van der Waals surface area (Å²) in [5.74, 6) is 0. The number of hydrogen-bond acceptors (Lipinski definition) is 1. The van der Waals surface area contributed by atoms with Crippen LogP contribution < -0.4 is 21.5 Å². The van der Waals surface area contributed by atoms with Gasteiger partial charge in [0.1, 0.15) is 6.29 Å². The Balaban J connectivity index is 0.00000128. The van der Waals surface area contributed by atoms with Crippen molar-refractivity contribution in [2.24, 2.45) is 0 Å². The molecule has 0 aliphatic heterocycles. The molecule has 0 saturated carbocycles. The van der Waals surface area contributed by atoms with Gasteiger partial charge in [0.25, 0.3) is 0 Å². The van der Waals surface area contributed by atoms with Gasteiger partial charge >= 0.3 is 0 Å². The summed E-state index contributed by atoms with van der Waals surface area (Å²) < 4.78 is 2.12. The molecule has 0 bridgehead atoms. The topological polar surface area (TPSA) is 20.9 Å². The van der Waals surface area contributed by atoms with Crippen LogP contribution in [0.3, 0.4) is 0 Å². The molecule has 0 atom stereocenters. The van der Waals surface area contributed by atoms with Gasteiger partial charge in [-0.2, -0.15) is 4.57 Å². The van der Waals surface area contributed by atoms with Crippen molar-refractivity contribution in [1.82, 2.24) is 0 Å². The lowest BCUT2D eigenvalue weighted by atomic mass is 10.1. The van der Waals surface area contributed by atoms with Crippen molar-refractivity contribution in [3.63, 3.8) is 0 Å². The van der Waals surface area contributed by atoms with Crippen molar-refractivity contribution in [3.8, 4) is 0 Å². The van der Waals surface area contributed by atoms with Crippen LogP contribution in [0.4, 0.5) is 0 Å². The van der Waals surface area contributed by atoms with Crippen LogP contribution in [0.15, 0.2) is 36.5 Å². The Kier molecular flexibility index (Phi) is 4.62. The average Bonchev–Trinajstić information content (AvgIpc) is 2.29. The fourth-order valence-electron chi connectivity index (χ4n) is 1.82. The van der Waals surface area contributed by atoms with E-state index in [1.54, 1.807) is 0 Å². The van der Waals surface area contributed by atoms with Gasteiger partial charge in [-0.3, -0.25) is 0 Å². The van der Waals surface area contributed by atoms with Crippen molar-refractivity contribution in [1.29, 1.82) is 0 Å². The predicted octanol–water partition coefficient (Wildman–Crippen LogP) is -0.971. The van der Waals surface area contributed by atoms with Crippen molar-refractivity contribution >= 4 is 17.2 Å². The molecule has 0 fully saturated rings. The molecule has 16 heavy (non-hydrogen) atoms. The molecular formula is C13H14BrNO. The summed E-state index contributed by atoms with van der Waals surface area (Å²) in [5, 5.41) is 1.26. The molecule has 1 heterocycles. The van der Waals surface area contributed by atoms with Gasteiger partial charge in [0.05, 0.1) is 6.42 Å². The van der Waals surface area contributed by atoms with Crippen LogP contribution >= 0.6 is 0 Å². The Morgan fingerprint density at radius 2 is 2.00 bits per heavy atom. The Labute approximate surface area is 106 Å². The monoisotopic (exact) mass is 279 g/mol. The number of halogens is 1. The number of para-hydroxylation sites is 1. The summed E-state index contributed by atoms with van der Waals surface area (Å²) in [5.41, 5.74) is 2.47. The zero-order valence-corrected chi connectivity index (χ0v) is 10.8. The molecule has 84 valence electrons.